The van der Waals surface area contributed by atoms with E-state index in [9.17, 15) is 9.59 Å². The minimum absolute atomic E-state index is 0.0585. The van der Waals surface area contributed by atoms with Crippen molar-refractivity contribution >= 4 is 23.5 Å². The maximum atomic E-state index is 13.8. The van der Waals surface area contributed by atoms with Gasteiger partial charge in [0.15, 0.2) is 0 Å². The highest BCUT2D eigenvalue weighted by Crippen LogP contribution is 2.41. The van der Waals surface area contributed by atoms with Gasteiger partial charge in [-0.2, -0.15) is 5.10 Å². The van der Waals surface area contributed by atoms with E-state index in [-0.39, 0.29) is 12.0 Å². The number of para-hydroxylation sites is 1. The molecule has 4 rings (SSSR count). The molecule has 8 nitrogen and oxygen atoms in total. The molecule has 1 aromatic carbocycles. The molecule has 2 amide bonds. The molecule has 2 aliphatic heterocycles. The van der Waals surface area contributed by atoms with Crippen LogP contribution in [0.2, 0.25) is 0 Å². The van der Waals surface area contributed by atoms with Crippen molar-refractivity contribution in [1.82, 2.24) is 14.7 Å². The Morgan fingerprint density at radius 1 is 1.13 bits per heavy atom. The number of carbonyl (C=O) groups excluding carboxylic acids is 2. The number of hydrogen-bond donors (Lipinski definition) is 0. The number of rotatable bonds is 2. The fourth-order valence-electron chi connectivity index (χ4n) is 4.54. The zero-order valence-corrected chi connectivity index (χ0v) is 19.0. The van der Waals surface area contributed by atoms with Crippen molar-refractivity contribution in [3.63, 3.8) is 0 Å². The first-order valence-electron chi connectivity index (χ1n) is 10.7. The minimum Gasteiger partial charge on any atom is -0.444 e. The minimum atomic E-state index is -0.696. The van der Waals surface area contributed by atoms with E-state index in [0.29, 0.717) is 32.6 Å². The second-order valence-electron chi connectivity index (χ2n) is 9.40. The number of ether oxygens (including phenoxy) is 1. The molecule has 0 aliphatic carbocycles. The maximum absolute atomic E-state index is 13.8. The Labute approximate surface area is 183 Å². The number of nitrogens with zero attached hydrogens (tertiary/aromatic N) is 5. The number of piperidine rings is 1. The average Bonchev–Trinajstić information content (AvgIpc) is 3.18. The van der Waals surface area contributed by atoms with Crippen LogP contribution in [-0.4, -0.2) is 57.6 Å². The molecule has 31 heavy (non-hydrogen) atoms. The second kappa shape index (κ2) is 7.59. The molecule has 0 unspecified atom stereocenters. The zero-order valence-electron chi connectivity index (χ0n) is 19.0. The predicted molar refractivity (Wildman–Crippen MR) is 119 cm³/mol. The highest BCUT2D eigenvalue weighted by Gasteiger charge is 2.55. The third kappa shape index (κ3) is 3.86. The van der Waals surface area contributed by atoms with E-state index in [1.165, 1.54) is 0 Å². The van der Waals surface area contributed by atoms with Crippen molar-refractivity contribution in [2.75, 3.05) is 29.6 Å². The summed E-state index contributed by atoms with van der Waals surface area (Å²) in [6.07, 6.45) is 0.777. The quantitative estimate of drug-likeness (QED) is 0.738. The van der Waals surface area contributed by atoms with Gasteiger partial charge in [-0.1, -0.05) is 18.2 Å². The molecule has 1 spiro atoms. The van der Waals surface area contributed by atoms with Crippen LogP contribution in [0.3, 0.4) is 0 Å². The lowest BCUT2D eigenvalue weighted by Crippen LogP contribution is -2.57. The first-order chi connectivity index (χ1) is 14.6. The molecule has 0 radical (unpaired) electrons. The van der Waals surface area contributed by atoms with Crippen molar-refractivity contribution in [2.24, 2.45) is 7.05 Å². The molecular formula is C23H31N5O3. The van der Waals surface area contributed by atoms with Crippen LogP contribution in [0.1, 0.15) is 39.3 Å². The standard InChI is InChI=1S/C23H31N5O3/c1-17-15-19(25(5)24-17)27-16-28(18-9-7-6-8-10-18)23(20(27)29)11-13-26(14-12-23)21(30)31-22(2,3)4/h6-10,15H,11-14,16H2,1-5H3. The largest absolute Gasteiger partial charge is 0.444 e. The molecule has 0 saturated carbocycles. The van der Waals surface area contributed by atoms with Crippen LogP contribution in [0, 0.1) is 6.92 Å². The number of likely N-dealkylation sites (tertiary alicyclic amines) is 1. The monoisotopic (exact) mass is 425 g/mol. The maximum Gasteiger partial charge on any atom is 0.410 e. The molecule has 0 N–H and O–H groups in total. The molecule has 0 atom stereocenters. The van der Waals surface area contributed by atoms with Crippen LogP contribution in [0.4, 0.5) is 16.3 Å². The van der Waals surface area contributed by atoms with Gasteiger partial charge in [0.05, 0.1) is 5.69 Å². The Bertz CT molecular complexity index is 971. The van der Waals surface area contributed by atoms with Gasteiger partial charge in [-0.25, -0.2) is 4.79 Å². The SMILES string of the molecule is Cc1cc(N2CN(c3ccccc3)C3(CCN(C(=O)OC(C)(C)C)CC3)C2=O)n(C)n1. The summed E-state index contributed by atoms with van der Waals surface area (Å²) < 4.78 is 7.30. The highest BCUT2D eigenvalue weighted by atomic mass is 16.6. The fraction of sp³-hybridized carbons (Fsp3) is 0.522. The summed E-state index contributed by atoms with van der Waals surface area (Å²) in [6, 6.07) is 12.0. The molecule has 2 fully saturated rings. The molecule has 8 heteroatoms. The Kier molecular flexibility index (Phi) is 5.19. The summed E-state index contributed by atoms with van der Waals surface area (Å²) >= 11 is 0. The van der Waals surface area contributed by atoms with Crippen LogP contribution in [-0.2, 0) is 16.6 Å². The molecule has 2 saturated heterocycles. The number of anilines is 2. The van der Waals surface area contributed by atoms with Gasteiger partial charge in [-0.3, -0.25) is 14.4 Å². The molecule has 3 heterocycles. The predicted octanol–water partition coefficient (Wildman–Crippen LogP) is 3.31. The van der Waals surface area contributed by atoms with Gasteiger partial charge < -0.3 is 14.5 Å². The van der Waals surface area contributed by atoms with Gasteiger partial charge in [0.25, 0.3) is 5.91 Å². The normalized spacial score (nSPS) is 18.7. The van der Waals surface area contributed by atoms with Crippen molar-refractivity contribution in [1.29, 1.82) is 0 Å². The van der Waals surface area contributed by atoms with Crippen molar-refractivity contribution in [3.05, 3.63) is 42.1 Å². The van der Waals surface area contributed by atoms with Crippen LogP contribution in [0.25, 0.3) is 0 Å². The summed E-state index contributed by atoms with van der Waals surface area (Å²) in [5.41, 5.74) is 0.637. The summed E-state index contributed by atoms with van der Waals surface area (Å²) in [5, 5.41) is 4.43. The molecular weight excluding hydrogens is 394 g/mol. The van der Waals surface area contributed by atoms with Crippen LogP contribution < -0.4 is 9.80 Å². The number of aryl methyl sites for hydroxylation is 2. The summed E-state index contributed by atoms with van der Waals surface area (Å²) in [5.74, 6) is 0.845. The van der Waals surface area contributed by atoms with E-state index in [1.54, 1.807) is 9.58 Å². The lowest BCUT2D eigenvalue weighted by molar-refractivity contribution is -0.123. The Morgan fingerprint density at radius 3 is 2.32 bits per heavy atom. The van der Waals surface area contributed by atoms with Gasteiger partial charge >= 0.3 is 6.09 Å². The molecule has 166 valence electrons. The highest BCUT2D eigenvalue weighted by molar-refractivity contribution is 6.05. The van der Waals surface area contributed by atoms with Gasteiger partial charge in [0.2, 0.25) is 0 Å². The number of carbonyl (C=O) groups is 2. The lowest BCUT2D eigenvalue weighted by atomic mass is 9.85. The van der Waals surface area contributed by atoms with Crippen LogP contribution in [0.15, 0.2) is 36.4 Å². The average molecular weight is 426 g/mol. The number of aromatic nitrogens is 2. The van der Waals surface area contributed by atoms with Crippen molar-refractivity contribution in [3.8, 4) is 0 Å². The van der Waals surface area contributed by atoms with Gasteiger partial charge in [-0.05, 0) is 52.7 Å². The number of benzene rings is 1. The zero-order chi connectivity index (χ0) is 22.4. The third-order valence-corrected chi connectivity index (χ3v) is 6.01. The Hall–Kier alpha value is -3.03. The first-order valence-corrected chi connectivity index (χ1v) is 10.7. The lowest BCUT2D eigenvalue weighted by Gasteiger charge is -2.43. The van der Waals surface area contributed by atoms with E-state index in [4.69, 9.17) is 4.74 Å². The molecule has 2 aliphatic rings. The van der Waals surface area contributed by atoms with E-state index in [1.807, 2.05) is 76.0 Å². The fourth-order valence-corrected chi connectivity index (χ4v) is 4.54. The van der Waals surface area contributed by atoms with E-state index < -0.39 is 11.1 Å². The number of hydrogen-bond acceptors (Lipinski definition) is 5. The van der Waals surface area contributed by atoms with E-state index >= 15 is 0 Å². The first kappa shape index (κ1) is 21.2. The summed E-state index contributed by atoms with van der Waals surface area (Å²) in [6.45, 7) is 8.91. The molecule has 1 aromatic heterocycles. The second-order valence-corrected chi connectivity index (χ2v) is 9.40. The topological polar surface area (TPSA) is 70.9 Å². The number of amides is 2. The van der Waals surface area contributed by atoms with Crippen molar-refractivity contribution in [2.45, 2.75) is 51.7 Å². The molecule has 2 aromatic rings. The van der Waals surface area contributed by atoms with Gasteiger partial charge in [0, 0.05) is 31.9 Å². The van der Waals surface area contributed by atoms with Crippen LogP contribution >= 0.6 is 0 Å². The third-order valence-electron chi connectivity index (χ3n) is 6.01. The summed E-state index contributed by atoms with van der Waals surface area (Å²) in [4.78, 5) is 32.1. The van der Waals surface area contributed by atoms with E-state index in [0.717, 1.165) is 17.2 Å². The van der Waals surface area contributed by atoms with E-state index in [2.05, 4.69) is 10.00 Å². The Balaban J connectivity index is 1.63. The molecule has 0 bridgehead atoms. The van der Waals surface area contributed by atoms with Gasteiger partial charge in [-0.15, -0.1) is 0 Å². The Morgan fingerprint density at radius 2 is 1.77 bits per heavy atom. The van der Waals surface area contributed by atoms with Gasteiger partial charge in [0.1, 0.15) is 23.6 Å². The van der Waals surface area contributed by atoms with Crippen LogP contribution in [0.5, 0.6) is 0 Å². The summed E-state index contributed by atoms with van der Waals surface area (Å²) in [7, 11) is 1.86. The smallest absolute Gasteiger partial charge is 0.410 e. The van der Waals surface area contributed by atoms with Crippen molar-refractivity contribution < 1.29 is 14.3 Å².